The molecule has 0 aliphatic rings. The van der Waals surface area contributed by atoms with E-state index in [4.69, 9.17) is 15.2 Å². The molecule has 0 heterocycles. The van der Waals surface area contributed by atoms with Crippen LogP contribution in [0.15, 0.2) is 48.5 Å². The maximum absolute atomic E-state index is 11.2. The number of primary amides is 1. The van der Waals surface area contributed by atoms with Crippen LogP contribution in [0.5, 0.6) is 5.75 Å². The lowest BCUT2D eigenvalue weighted by Gasteiger charge is -2.15. The third kappa shape index (κ3) is 5.47. The van der Waals surface area contributed by atoms with Crippen LogP contribution in [0.3, 0.4) is 0 Å². The molecule has 0 aromatic heterocycles. The standard InChI is InChI=1S/C17H18N2O6/c18-17(21)25-14(10-20)8-13-6-7-15(19(22)23)16(9-13)24-11-12-4-2-1-3-5-12/h1-7,9,14,20H,8,10-11H2,(H2,18,21)/t14-/m0/s1. The second-order valence-corrected chi connectivity index (χ2v) is 5.28. The molecule has 2 rings (SSSR count). The number of nitrogens with two attached hydrogens (primary N) is 1. The van der Waals surface area contributed by atoms with Gasteiger partial charge in [0, 0.05) is 12.5 Å². The van der Waals surface area contributed by atoms with Crippen molar-refractivity contribution in [3.63, 3.8) is 0 Å². The molecule has 0 unspecified atom stereocenters. The van der Waals surface area contributed by atoms with Gasteiger partial charge in [0.1, 0.15) is 12.7 Å². The van der Waals surface area contributed by atoms with E-state index in [-0.39, 0.29) is 24.5 Å². The van der Waals surface area contributed by atoms with Gasteiger partial charge in [-0.3, -0.25) is 10.1 Å². The number of hydrogen-bond acceptors (Lipinski definition) is 6. The zero-order valence-electron chi connectivity index (χ0n) is 13.3. The van der Waals surface area contributed by atoms with E-state index in [9.17, 15) is 20.0 Å². The number of benzene rings is 2. The van der Waals surface area contributed by atoms with E-state index < -0.39 is 23.7 Å². The van der Waals surface area contributed by atoms with Gasteiger partial charge in [-0.2, -0.15) is 0 Å². The smallest absolute Gasteiger partial charge is 0.404 e. The molecule has 0 fully saturated rings. The molecule has 0 saturated heterocycles. The van der Waals surface area contributed by atoms with Crippen LogP contribution in [0.1, 0.15) is 11.1 Å². The molecule has 3 N–H and O–H groups in total. The Morgan fingerprint density at radius 3 is 2.52 bits per heavy atom. The van der Waals surface area contributed by atoms with Gasteiger partial charge in [0.2, 0.25) is 0 Å². The van der Waals surface area contributed by atoms with Gasteiger partial charge in [0.15, 0.2) is 5.75 Å². The molecule has 2 aromatic rings. The fourth-order valence-corrected chi connectivity index (χ4v) is 2.26. The van der Waals surface area contributed by atoms with E-state index in [2.05, 4.69) is 0 Å². The molecular formula is C17H18N2O6. The molecule has 25 heavy (non-hydrogen) atoms. The highest BCUT2D eigenvalue weighted by Crippen LogP contribution is 2.29. The number of aliphatic hydroxyl groups excluding tert-OH is 1. The number of aliphatic hydroxyl groups is 1. The van der Waals surface area contributed by atoms with Gasteiger partial charge < -0.3 is 20.3 Å². The number of amides is 1. The van der Waals surface area contributed by atoms with E-state index in [0.717, 1.165) is 5.56 Å². The van der Waals surface area contributed by atoms with Gasteiger partial charge in [-0.1, -0.05) is 36.4 Å². The molecule has 8 heteroatoms. The molecule has 1 amide bonds. The normalized spacial score (nSPS) is 11.6. The zero-order valence-corrected chi connectivity index (χ0v) is 13.3. The summed E-state index contributed by atoms with van der Waals surface area (Å²) in [6.45, 7) is -0.244. The zero-order chi connectivity index (χ0) is 18.2. The minimum atomic E-state index is -0.999. The number of rotatable bonds is 8. The molecule has 2 aromatic carbocycles. The van der Waals surface area contributed by atoms with Crippen LogP contribution in [0.4, 0.5) is 10.5 Å². The summed E-state index contributed by atoms with van der Waals surface area (Å²) in [5, 5.41) is 20.4. The first-order chi connectivity index (χ1) is 12.0. The van der Waals surface area contributed by atoms with Crippen molar-refractivity contribution in [2.75, 3.05) is 6.61 Å². The van der Waals surface area contributed by atoms with Crippen molar-refractivity contribution in [3.05, 3.63) is 69.8 Å². The summed E-state index contributed by atoms with van der Waals surface area (Å²) >= 11 is 0. The number of nitro benzene ring substituents is 1. The highest BCUT2D eigenvalue weighted by molar-refractivity contribution is 5.64. The summed E-state index contributed by atoms with van der Waals surface area (Å²) in [6, 6.07) is 13.6. The van der Waals surface area contributed by atoms with Crippen molar-refractivity contribution >= 4 is 11.8 Å². The minimum absolute atomic E-state index is 0.0992. The molecule has 0 radical (unpaired) electrons. The molecule has 0 spiro atoms. The molecule has 8 nitrogen and oxygen atoms in total. The second-order valence-electron chi connectivity index (χ2n) is 5.28. The fraction of sp³-hybridized carbons (Fsp3) is 0.235. The van der Waals surface area contributed by atoms with E-state index >= 15 is 0 Å². The topological polar surface area (TPSA) is 125 Å². The predicted octanol–water partition coefficient (Wildman–Crippen LogP) is 2.17. The van der Waals surface area contributed by atoms with Gasteiger partial charge in [-0.25, -0.2) is 4.79 Å². The molecule has 0 saturated carbocycles. The van der Waals surface area contributed by atoms with Crippen LogP contribution < -0.4 is 10.5 Å². The van der Waals surface area contributed by atoms with E-state index in [1.54, 1.807) is 0 Å². The van der Waals surface area contributed by atoms with Crippen molar-refractivity contribution < 1.29 is 24.3 Å². The van der Waals surface area contributed by atoms with Crippen molar-refractivity contribution in [1.82, 2.24) is 0 Å². The summed E-state index contributed by atoms with van der Waals surface area (Å²) in [5.41, 5.74) is 6.25. The number of carbonyl (C=O) groups excluding carboxylic acids is 1. The number of carbonyl (C=O) groups is 1. The lowest BCUT2D eigenvalue weighted by atomic mass is 10.1. The first-order valence-electron chi connectivity index (χ1n) is 7.50. The van der Waals surface area contributed by atoms with Crippen molar-refractivity contribution in [3.8, 4) is 5.75 Å². The van der Waals surface area contributed by atoms with Crippen molar-refractivity contribution in [1.29, 1.82) is 0 Å². The van der Waals surface area contributed by atoms with E-state index in [0.29, 0.717) is 5.56 Å². The Kier molecular flexibility index (Phi) is 6.30. The highest BCUT2D eigenvalue weighted by Gasteiger charge is 2.18. The lowest BCUT2D eigenvalue weighted by Crippen LogP contribution is -2.27. The van der Waals surface area contributed by atoms with Gasteiger partial charge in [-0.05, 0) is 17.2 Å². The number of nitro groups is 1. The summed E-state index contributed by atoms with van der Waals surface area (Å²) < 4.78 is 10.3. The number of nitrogens with zero attached hydrogens (tertiary/aromatic N) is 1. The summed E-state index contributed by atoms with van der Waals surface area (Å²) in [5.74, 6) is 0.0992. The number of hydrogen-bond donors (Lipinski definition) is 2. The Morgan fingerprint density at radius 1 is 1.20 bits per heavy atom. The molecule has 0 aliphatic heterocycles. The Bertz CT molecular complexity index is 735. The fourth-order valence-electron chi connectivity index (χ4n) is 2.26. The van der Waals surface area contributed by atoms with Gasteiger partial charge >= 0.3 is 11.8 Å². The maximum atomic E-state index is 11.2. The molecule has 1 atom stereocenters. The summed E-state index contributed by atoms with van der Waals surface area (Å²) in [7, 11) is 0. The SMILES string of the molecule is NC(=O)O[C@H](CO)Cc1ccc([N+](=O)[O-])c(OCc2ccccc2)c1. The van der Waals surface area contributed by atoms with Gasteiger partial charge in [-0.15, -0.1) is 0 Å². The van der Waals surface area contributed by atoms with Crippen LogP contribution in [-0.2, 0) is 17.8 Å². The molecule has 0 aliphatic carbocycles. The van der Waals surface area contributed by atoms with Crippen LogP contribution in [0, 0.1) is 10.1 Å². The lowest BCUT2D eigenvalue weighted by molar-refractivity contribution is -0.386. The predicted molar refractivity (Wildman–Crippen MR) is 89.1 cm³/mol. The van der Waals surface area contributed by atoms with Gasteiger partial charge in [0.25, 0.3) is 0 Å². The second kappa shape index (κ2) is 8.65. The van der Waals surface area contributed by atoms with E-state index in [1.807, 2.05) is 30.3 Å². The largest absolute Gasteiger partial charge is 0.482 e. The quantitative estimate of drug-likeness (QED) is 0.557. The maximum Gasteiger partial charge on any atom is 0.404 e. The molecular weight excluding hydrogens is 328 g/mol. The third-order valence-corrected chi connectivity index (χ3v) is 3.41. The highest BCUT2D eigenvalue weighted by atomic mass is 16.6. The average Bonchev–Trinajstić information content (AvgIpc) is 2.59. The van der Waals surface area contributed by atoms with Crippen LogP contribution in [0.25, 0.3) is 0 Å². The first-order valence-corrected chi connectivity index (χ1v) is 7.50. The average molecular weight is 346 g/mol. The van der Waals surface area contributed by atoms with Crippen molar-refractivity contribution in [2.45, 2.75) is 19.1 Å². The Labute approximate surface area is 143 Å². The molecule has 132 valence electrons. The third-order valence-electron chi connectivity index (χ3n) is 3.41. The van der Waals surface area contributed by atoms with Crippen molar-refractivity contribution in [2.24, 2.45) is 5.73 Å². The van der Waals surface area contributed by atoms with Crippen LogP contribution in [0.2, 0.25) is 0 Å². The van der Waals surface area contributed by atoms with Gasteiger partial charge in [0.05, 0.1) is 11.5 Å². The van der Waals surface area contributed by atoms with E-state index in [1.165, 1.54) is 18.2 Å². The van der Waals surface area contributed by atoms with Crippen LogP contribution >= 0.6 is 0 Å². The monoisotopic (exact) mass is 346 g/mol. The minimum Gasteiger partial charge on any atom is -0.482 e. The Morgan fingerprint density at radius 2 is 1.92 bits per heavy atom. The Balaban J connectivity index is 2.17. The first kappa shape index (κ1) is 18.2. The summed E-state index contributed by atoms with van der Waals surface area (Å²) in [6.07, 6.45) is -1.68. The summed E-state index contributed by atoms with van der Waals surface area (Å²) in [4.78, 5) is 21.4. The number of ether oxygens (including phenoxy) is 2. The van der Waals surface area contributed by atoms with Crippen LogP contribution in [-0.4, -0.2) is 28.8 Å². The molecule has 0 bridgehead atoms. The Hall–Kier alpha value is -3.13.